The van der Waals surface area contributed by atoms with Crippen LogP contribution < -0.4 is 0 Å². The molecule has 0 radical (unpaired) electrons. The number of amides is 1. The van der Waals surface area contributed by atoms with Gasteiger partial charge in [0.2, 0.25) is 0 Å². The van der Waals surface area contributed by atoms with Gasteiger partial charge in [0.05, 0.1) is 5.60 Å². The van der Waals surface area contributed by atoms with E-state index in [9.17, 15) is 9.90 Å². The lowest BCUT2D eigenvalue weighted by Crippen LogP contribution is -2.42. The summed E-state index contributed by atoms with van der Waals surface area (Å²) in [5.41, 5.74) is 0.0820. The summed E-state index contributed by atoms with van der Waals surface area (Å²) in [5, 5.41) is 13.7. The topological polar surface area (TPSA) is 79.5 Å². The molecule has 0 aliphatic heterocycles. The van der Waals surface area contributed by atoms with Crippen molar-refractivity contribution in [2.24, 2.45) is 0 Å². The average Bonchev–Trinajstić information content (AvgIpc) is 2.94. The quantitative estimate of drug-likeness (QED) is 0.910. The minimum Gasteiger partial charge on any atom is -0.389 e. The number of pyridine rings is 1. The zero-order chi connectivity index (χ0) is 15.5. The molecule has 2 rings (SSSR count). The molecule has 0 spiro atoms. The van der Waals surface area contributed by atoms with E-state index in [4.69, 9.17) is 4.52 Å². The van der Waals surface area contributed by atoms with E-state index in [2.05, 4.69) is 10.1 Å². The van der Waals surface area contributed by atoms with Gasteiger partial charge in [0, 0.05) is 37.1 Å². The highest BCUT2D eigenvalue weighted by Gasteiger charge is 2.24. The molecule has 1 amide bonds. The van der Waals surface area contributed by atoms with E-state index in [0.717, 1.165) is 5.56 Å². The molecule has 2 aromatic rings. The highest BCUT2D eigenvalue weighted by molar-refractivity contribution is 5.93. The third-order valence-corrected chi connectivity index (χ3v) is 2.94. The summed E-state index contributed by atoms with van der Waals surface area (Å²) in [4.78, 5) is 17.8. The first-order chi connectivity index (χ1) is 9.90. The maximum Gasteiger partial charge on any atom is 0.276 e. The van der Waals surface area contributed by atoms with Crippen molar-refractivity contribution < 1.29 is 14.4 Å². The van der Waals surface area contributed by atoms with Gasteiger partial charge >= 0.3 is 0 Å². The molecule has 0 aliphatic rings. The molecule has 6 nitrogen and oxygen atoms in total. The Morgan fingerprint density at radius 1 is 1.38 bits per heavy atom. The molecule has 21 heavy (non-hydrogen) atoms. The SMILES string of the molecule is CCN(CC(C)(C)O)C(=O)c1cc(-c2ccncc2)on1. The second-order valence-electron chi connectivity index (χ2n) is 5.44. The van der Waals surface area contributed by atoms with Crippen LogP contribution in [0.4, 0.5) is 0 Å². The molecule has 0 fully saturated rings. The van der Waals surface area contributed by atoms with Gasteiger partial charge < -0.3 is 14.5 Å². The minimum absolute atomic E-state index is 0.230. The number of carbonyl (C=O) groups is 1. The molecular weight excluding hydrogens is 270 g/mol. The molecule has 1 N–H and O–H groups in total. The molecule has 112 valence electrons. The minimum atomic E-state index is -0.955. The second-order valence-corrected chi connectivity index (χ2v) is 5.44. The molecule has 0 unspecified atom stereocenters. The van der Waals surface area contributed by atoms with Crippen LogP contribution in [0.25, 0.3) is 11.3 Å². The van der Waals surface area contributed by atoms with Crippen LogP contribution in [0.2, 0.25) is 0 Å². The van der Waals surface area contributed by atoms with Crippen LogP contribution in [0.15, 0.2) is 35.1 Å². The average molecular weight is 289 g/mol. The second kappa shape index (κ2) is 6.05. The van der Waals surface area contributed by atoms with Gasteiger partial charge in [0.15, 0.2) is 11.5 Å². The maximum atomic E-state index is 12.4. The van der Waals surface area contributed by atoms with Crippen molar-refractivity contribution in [1.82, 2.24) is 15.0 Å². The summed E-state index contributed by atoms with van der Waals surface area (Å²) in [6.45, 7) is 5.90. The summed E-state index contributed by atoms with van der Waals surface area (Å²) in [6.07, 6.45) is 3.29. The monoisotopic (exact) mass is 289 g/mol. The highest BCUT2D eigenvalue weighted by Crippen LogP contribution is 2.20. The van der Waals surface area contributed by atoms with E-state index in [0.29, 0.717) is 12.3 Å². The third-order valence-electron chi connectivity index (χ3n) is 2.94. The smallest absolute Gasteiger partial charge is 0.276 e. The molecular formula is C15H19N3O3. The third kappa shape index (κ3) is 3.88. The van der Waals surface area contributed by atoms with Gasteiger partial charge in [-0.2, -0.15) is 0 Å². The van der Waals surface area contributed by atoms with Gasteiger partial charge in [-0.05, 0) is 32.9 Å². The van der Waals surface area contributed by atoms with Gasteiger partial charge in [-0.3, -0.25) is 9.78 Å². The van der Waals surface area contributed by atoms with E-state index < -0.39 is 5.60 Å². The van der Waals surface area contributed by atoms with E-state index in [1.807, 2.05) is 6.92 Å². The van der Waals surface area contributed by atoms with E-state index in [-0.39, 0.29) is 18.1 Å². The molecule has 6 heteroatoms. The number of aliphatic hydroxyl groups is 1. The standard InChI is InChI=1S/C15H19N3O3/c1-4-18(10-15(2,3)20)14(19)12-9-13(21-17-12)11-5-7-16-8-6-11/h5-9,20H,4,10H2,1-3H3. The first kappa shape index (κ1) is 15.2. The van der Waals surface area contributed by atoms with Crippen molar-refractivity contribution in [3.05, 3.63) is 36.3 Å². The van der Waals surface area contributed by atoms with Crippen molar-refractivity contribution in [3.63, 3.8) is 0 Å². The molecule has 0 saturated carbocycles. The van der Waals surface area contributed by atoms with Gasteiger partial charge in [0.1, 0.15) is 0 Å². The Morgan fingerprint density at radius 2 is 2.05 bits per heavy atom. The van der Waals surface area contributed by atoms with Gasteiger partial charge in [0.25, 0.3) is 5.91 Å². The Bertz CT molecular complexity index is 602. The normalized spacial score (nSPS) is 11.4. The molecule has 2 aromatic heterocycles. The summed E-state index contributed by atoms with van der Waals surface area (Å²) < 4.78 is 5.21. The summed E-state index contributed by atoms with van der Waals surface area (Å²) in [6, 6.07) is 5.16. The molecule has 0 aromatic carbocycles. The lowest BCUT2D eigenvalue weighted by Gasteiger charge is -2.27. The van der Waals surface area contributed by atoms with Crippen LogP contribution in [0.1, 0.15) is 31.3 Å². The summed E-state index contributed by atoms with van der Waals surface area (Å²) >= 11 is 0. The molecule has 0 bridgehead atoms. The van der Waals surface area contributed by atoms with Gasteiger partial charge in [-0.25, -0.2) is 0 Å². The lowest BCUT2D eigenvalue weighted by molar-refractivity contribution is 0.0309. The first-order valence-corrected chi connectivity index (χ1v) is 6.79. The van der Waals surface area contributed by atoms with Crippen molar-refractivity contribution in [2.75, 3.05) is 13.1 Å². The Kier molecular flexibility index (Phi) is 4.37. The zero-order valence-corrected chi connectivity index (χ0v) is 12.4. The Morgan fingerprint density at radius 3 is 2.62 bits per heavy atom. The number of hydrogen-bond donors (Lipinski definition) is 1. The number of carbonyl (C=O) groups excluding carboxylic acids is 1. The fourth-order valence-electron chi connectivity index (χ4n) is 1.98. The van der Waals surface area contributed by atoms with E-state index in [1.165, 1.54) is 4.90 Å². The van der Waals surface area contributed by atoms with Crippen LogP contribution >= 0.6 is 0 Å². The maximum absolute atomic E-state index is 12.4. The predicted molar refractivity (Wildman–Crippen MR) is 77.6 cm³/mol. The molecule has 0 atom stereocenters. The number of rotatable bonds is 5. The van der Waals surface area contributed by atoms with Crippen molar-refractivity contribution >= 4 is 5.91 Å². The van der Waals surface area contributed by atoms with Crippen LogP contribution in [0.5, 0.6) is 0 Å². The first-order valence-electron chi connectivity index (χ1n) is 6.79. The van der Waals surface area contributed by atoms with Crippen LogP contribution in [-0.4, -0.2) is 44.7 Å². The van der Waals surface area contributed by atoms with Gasteiger partial charge in [-0.1, -0.05) is 5.16 Å². The van der Waals surface area contributed by atoms with Crippen LogP contribution in [0.3, 0.4) is 0 Å². The van der Waals surface area contributed by atoms with Crippen LogP contribution in [0, 0.1) is 0 Å². The van der Waals surface area contributed by atoms with E-state index >= 15 is 0 Å². The fourth-order valence-corrected chi connectivity index (χ4v) is 1.98. The number of aromatic nitrogens is 2. The zero-order valence-electron chi connectivity index (χ0n) is 12.4. The lowest BCUT2D eigenvalue weighted by atomic mass is 10.1. The Balaban J connectivity index is 2.18. The largest absolute Gasteiger partial charge is 0.389 e. The van der Waals surface area contributed by atoms with Gasteiger partial charge in [-0.15, -0.1) is 0 Å². The fraction of sp³-hybridized carbons (Fsp3) is 0.400. The summed E-state index contributed by atoms with van der Waals surface area (Å²) in [5.74, 6) is 0.253. The van der Waals surface area contributed by atoms with Crippen molar-refractivity contribution in [1.29, 1.82) is 0 Å². The van der Waals surface area contributed by atoms with Crippen molar-refractivity contribution in [3.8, 4) is 11.3 Å². The summed E-state index contributed by atoms with van der Waals surface area (Å²) in [7, 11) is 0. The molecule has 0 saturated heterocycles. The number of hydrogen-bond acceptors (Lipinski definition) is 5. The molecule has 2 heterocycles. The predicted octanol–water partition coefficient (Wildman–Crippen LogP) is 1.97. The Labute approximate surface area is 123 Å². The number of nitrogens with zero attached hydrogens (tertiary/aromatic N) is 3. The number of likely N-dealkylation sites (N-methyl/N-ethyl adjacent to an activating group) is 1. The van der Waals surface area contributed by atoms with Crippen LogP contribution in [-0.2, 0) is 0 Å². The van der Waals surface area contributed by atoms with Crippen molar-refractivity contribution in [2.45, 2.75) is 26.4 Å². The highest BCUT2D eigenvalue weighted by atomic mass is 16.5. The Hall–Kier alpha value is -2.21. The van der Waals surface area contributed by atoms with E-state index in [1.54, 1.807) is 44.4 Å². The molecule has 0 aliphatic carbocycles.